The number of amides is 1. The van der Waals surface area contributed by atoms with E-state index in [2.05, 4.69) is 29.5 Å². The first-order chi connectivity index (χ1) is 12.3. The van der Waals surface area contributed by atoms with Crippen LogP contribution >= 0.6 is 11.8 Å². The van der Waals surface area contributed by atoms with Crippen LogP contribution in [0.25, 0.3) is 0 Å². The molecule has 2 aliphatic heterocycles. The summed E-state index contributed by atoms with van der Waals surface area (Å²) in [5.41, 5.74) is 0.0805. The van der Waals surface area contributed by atoms with E-state index in [1.54, 1.807) is 6.92 Å². The van der Waals surface area contributed by atoms with Crippen molar-refractivity contribution in [2.24, 2.45) is 5.92 Å². The minimum Gasteiger partial charge on any atom is -0.481 e. The average molecular weight is 384 g/mol. The Kier molecular flexibility index (Phi) is 7.68. The molecule has 2 aliphatic rings. The number of hydrogen-bond acceptors (Lipinski definition) is 5. The summed E-state index contributed by atoms with van der Waals surface area (Å²) in [4.78, 5) is 22.6. The Labute approximate surface area is 160 Å². The maximum absolute atomic E-state index is 11.9. The summed E-state index contributed by atoms with van der Waals surface area (Å²) in [6.07, 6.45) is 5.98. The van der Waals surface area contributed by atoms with Gasteiger partial charge in [0.05, 0.1) is 23.3 Å². The summed E-state index contributed by atoms with van der Waals surface area (Å²) in [7, 11) is 0. The van der Waals surface area contributed by atoms with Gasteiger partial charge in [-0.05, 0) is 32.6 Å². The molecular weight excluding hydrogens is 350 g/mol. The van der Waals surface area contributed by atoms with Crippen molar-refractivity contribution in [1.29, 1.82) is 0 Å². The number of aliphatic carboxylic acids is 1. The molecule has 0 bridgehead atoms. The van der Waals surface area contributed by atoms with E-state index in [9.17, 15) is 9.59 Å². The van der Waals surface area contributed by atoms with Crippen molar-refractivity contribution in [2.45, 2.75) is 75.6 Å². The highest BCUT2D eigenvalue weighted by Crippen LogP contribution is 2.42. The van der Waals surface area contributed by atoms with E-state index in [0.717, 1.165) is 43.7 Å². The van der Waals surface area contributed by atoms with Crippen molar-refractivity contribution in [3.05, 3.63) is 12.4 Å². The summed E-state index contributed by atoms with van der Waals surface area (Å²) in [6, 6.07) is 0.456. The number of carboxylic acid groups (broad SMARTS) is 1. The number of hydrogen-bond donors (Lipinski definition) is 4. The van der Waals surface area contributed by atoms with Crippen LogP contribution in [-0.4, -0.2) is 46.1 Å². The summed E-state index contributed by atoms with van der Waals surface area (Å²) >= 11 is 2.01. The zero-order valence-corrected chi connectivity index (χ0v) is 16.8. The topological polar surface area (TPSA) is 90.5 Å². The molecule has 0 saturated carbocycles. The number of rotatable bonds is 11. The Hall–Kier alpha value is -1.37. The molecule has 26 heavy (non-hydrogen) atoms. The van der Waals surface area contributed by atoms with Crippen LogP contribution in [0.4, 0.5) is 0 Å². The number of fused-ring (bicyclic) bond motifs is 1. The van der Waals surface area contributed by atoms with Gasteiger partial charge in [0.15, 0.2) is 0 Å². The standard InChI is InChI=1S/C19H33N3O3S/c1-13(18(24)25)8-6-7-11-20-17(23)10-5-4-9-16-19(3)15(12-26-16)21-14(2)22-19/h13,15-16,21-22H,2,4-12H2,1,3H3,(H,20,23)(H,24,25)/t13-,15-,16-,19-/m0/s1. The van der Waals surface area contributed by atoms with Crippen molar-refractivity contribution in [2.75, 3.05) is 12.3 Å². The second-order valence-electron chi connectivity index (χ2n) is 7.74. The van der Waals surface area contributed by atoms with Crippen molar-refractivity contribution >= 4 is 23.6 Å². The molecule has 4 atom stereocenters. The van der Waals surface area contributed by atoms with Crippen molar-refractivity contribution < 1.29 is 14.7 Å². The number of carbonyl (C=O) groups is 2. The quantitative estimate of drug-likeness (QED) is 0.410. The van der Waals surface area contributed by atoms with E-state index in [4.69, 9.17) is 5.11 Å². The highest BCUT2D eigenvalue weighted by molar-refractivity contribution is 8.00. The lowest BCUT2D eigenvalue weighted by atomic mass is 9.88. The molecule has 6 nitrogen and oxygen atoms in total. The third-order valence-corrected chi connectivity index (χ3v) is 7.21. The second kappa shape index (κ2) is 9.53. The van der Waals surface area contributed by atoms with Gasteiger partial charge in [0.25, 0.3) is 0 Å². The number of carboxylic acids is 1. The minimum atomic E-state index is -0.748. The van der Waals surface area contributed by atoms with E-state index in [-0.39, 0.29) is 17.4 Å². The van der Waals surface area contributed by atoms with E-state index in [1.807, 2.05) is 11.8 Å². The fourth-order valence-electron chi connectivity index (χ4n) is 3.73. The van der Waals surface area contributed by atoms with Crippen LogP contribution < -0.4 is 16.0 Å². The van der Waals surface area contributed by atoms with Gasteiger partial charge in [0.2, 0.25) is 5.91 Å². The van der Waals surface area contributed by atoms with Gasteiger partial charge < -0.3 is 21.1 Å². The summed E-state index contributed by atoms with van der Waals surface area (Å²) in [5, 5.41) is 19.2. The van der Waals surface area contributed by atoms with Gasteiger partial charge in [-0.15, -0.1) is 0 Å². The van der Waals surface area contributed by atoms with Crippen LogP contribution in [0.3, 0.4) is 0 Å². The average Bonchev–Trinajstić information content (AvgIpc) is 3.02. The van der Waals surface area contributed by atoms with Crippen LogP contribution in [0.15, 0.2) is 12.4 Å². The number of thioether (sulfide) groups is 1. The molecule has 0 radical (unpaired) electrons. The molecule has 0 unspecified atom stereocenters. The van der Waals surface area contributed by atoms with Crippen molar-refractivity contribution in [3.8, 4) is 0 Å². The Balaban J connectivity index is 1.51. The first kappa shape index (κ1) is 20.9. The predicted octanol–water partition coefficient (Wildman–Crippen LogP) is 2.46. The largest absolute Gasteiger partial charge is 0.481 e. The molecule has 7 heteroatoms. The van der Waals surface area contributed by atoms with E-state index in [1.165, 1.54) is 0 Å². The van der Waals surface area contributed by atoms with Gasteiger partial charge in [-0.1, -0.05) is 26.3 Å². The van der Waals surface area contributed by atoms with Crippen LogP contribution in [0.2, 0.25) is 0 Å². The van der Waals surface area contributed by atoms with Gasteiger partial charge >= 0.3 is 5.97 Å². The number of unbranched alkanes of at least 4 members (excludes halogenated alkanes) is 2. The zero-order valence-electron chi connectivity index (χ0n) is 16.0. The Bertz CT molecular complexity index is 528. The fourth-order valence-corrected chi connectivity index (χ4v) is 5.48. The van der Waals surface area contributed by atoms with Crippen molar-refractivity contribution in [3.63, 3.8) is 0 Å². The highest BCUT2D eigenvalue weighted by Gasteiger charge is 2.50. The van der Waals surface area contributed by atoms with Gasteiger partial charge in [-0.2, -0.15) is 11.8 Å². The second-order valence-corrected chi connectivity index (χ2v) is 8.97. The summed E-state index contributed by atoms with van der Waals surface area (Å²) in [6.45, 7) is 8.61. The molecule has 0 aliphatic carbocycles. The molecule has 2 rings (SSSR count). The first-order valence-electron chi connectivity index (χ1n) is 9.67. The van der Waals surface area contributed by atoms with Crippen LogP contribution in [0.5, 0.6) is 0 Å². The molecule has 0 aromatic rings. The molecule has 0 aromatic carbocycles. The van der Waals surface area contributed by atoms with Crippen LogP contribution in [-0.2, 0) is 9.59 Å². The van der Waals surface area contributed by atoms with Crippen LogP contribution in [0.1, 0.15) is 58.8 Å². The van der Waals surface area contributed by atoms with Crippen molar-refractivity contribution in [1.82, 2.24) is 16.0 Å². The molecule has 0 spiro atoms. The third-order valence-electron chi connectivity index (χ3n) is 5.55. The minimum absolute atomic E-state index is 0.0805. The Morgan fingerprint density at radius 1 is 1.38 bits per heavy atom. The molecule has 2 heterocycles. The predicted molar refractivity (Wildman–Crippen MR) is 106 cm³/mol. The van der Waals surface area contributed by atoms with E-state index >= 15 is 0 Å². The zero-order chi connectivity index (χ0) is 19.2. The molecule has 2 saturated heterocycles. The lowest BCUT2D eigenvalue weighted by molar-refractivity contribution is -0.141. The molecule has 148 valence electrons. The Morgan fingerprint density at radius 2 is 2.15 bits per heavy atom. The normalized spacial score (nSPS) is 28.2. The SMILES string of the molecule is C=C1N[C@H]2CS[C@@H](CCCCC(=O)NCCCC[C@H](C)C(=O)O)[C@@]2(C)N1. The monoisotopic (exact) mass is 383 g/mol. The van der Waals surface area contributed by atoms with Gasteiger partial charge in [-0.3, -0.25) is 9.59 Å². The summed E-state index contributed by atoms with van der Waals surface area (Å²) in [5.74, 6) is 1.09. The van der Waals surface area contributed by atoms with Gasteiger partial charge in [0, 0.05) is 24.0 Å². The maximum Gasteiger partial charge on any atom is 0.306 e. The van der Waals surface area contributed by atoms with Gasteiger partial charge in [-0.25, -0.2) is 0 Å². The maximum atomic E-state index is 11.9. The Morgan fingerprint density at radius 3 is 2.88 bits per heavy atom. The first-order valence-corrected chi connectivity index (χ1v) is 10.7. The summed E-state index contributed by atoms with van der Waals surface area (Å²) < 4.78 is 0. The highest BCUT2D eigenvalue weighted by atomic mass is 32.2. The van der Waals surface area contributed by atoms with E-state index < -0.39 is 5.97 Å². The van der Waals surface area contributed by atoms with Crippen LogP contribution in [0, 0.1) is 5.92 Å². The molecule has 2 fully saturated rings. The van der Waals surface area contributed by atoms with Gasteiger partial charge in [0.1, 0.15) is 0 Å². The molecule has 1 amide bonds. The molecule has 4 N–H and O–H groups in total. The molecule has 0 aromatic heterocycles. The smallest absolute Gasteiger partial charge is 0.306 e. The lowest BCUT2D eigenvalue weighted by Crippen LogP contribution is -2.50. The third kappa shape index (κ3) is 5.56. The van der Waals surface area contributed by atoms with E-state index in [0.29, 0.717) is 30.7 Å². The fraction of sp³-hybridized carbons (Fsp3) is 0.789. The lowest BCUT2D eigenvalue weighted by Gasteiger charge is -2.30. The number of nitrogens with one attached hydrogen (secondary N) is 3. The molecular formula is C19H33N3O3S. The number of carbonyl (C=O) groups excluding carboxylic acids is 1.